The summed E-state index contributed by atoms with van der Waals surface area (Å²) < 4.78 is 4.48. The summed E-state index contributed by atoms with van der Waals surface area (Å²) in [5.41, 5.74) is -0.787. The maximum atomic E-state index is 12.0. The van der Waals surface area contributed by atoms with Gasteiger partial charge < -0.3 is 0 Å². The van der Waals surface area contributed by atoms with Crippen LogP contribution in [0.5, 0.6) is 0 Å². The van der Waals surface area contributed by atoms with Crippen molar-refractivity contribution in [1.29, 1.82) is 0 Å². The molecule has 0 spiro atoms. The molecule has 15 heavy (non-hydrogen) atoms. The van der Waals surface area contributed by atoms with Crippen molar-refractivity contribution in [1.82, 2.24) is 13.9 Å². The molecule has 5 nitrogen and oxygen atoms in total. The molecule has 0 radical (unpaired) electrons. The van der Waals surface area contributed by atoms with Crippen LogP contribution in [0.1, 0.15) is 33.6 Å². The van der Waals surface area contributed by atoms with Gasteiger partial charge in [-0.15, -0.1) is 0 Å². The summed E-state index contributed by atoms with van der Waals surface area (Å²) in [4.78, 5) is 24.0. The number of hydrogen-bond donors (Lipinski definition) is 0. The minimum absolute atomic E-state index is 0.174. The monoisotopic (exact) mass is 211 g/mol. The lowest BCUT2D eigenvalue weighted by molar-refractivity contribution is 0.348. The fraction of sp³-hybridized carbons (Fsp3) is 0.800. The molecule has 2 heterocycles. The Hall–Kier alpha value is -1.26. The van der Waals surface area contributed by atoms with E-state index in [1.54, 1.807) is 9.36 Å². The van der Waals surface area contributed by atoms with Crippen molar-refractivity contribution in [3.63, 3.8) is 0 Å². The van der Waals surface area contributed by atoms with E-state index in [0.29, 0.717) is 13.1 Å². The van der Waals surface area contributed by atoms with E-state index >= 15 is 0 Å². The standard InChI is InChI=1S/C10H17N3O2/c1-10(2,3)13-8(14)11-6-4-5-7-12(11)9(13)15/h4-7H2,1-3H3. The zero-order chi connectivity index (χ0) is 11.2. The fourth-order valence-electron chi connectivity index (χ4n) is 2.05. The Bertz CT molecular complexity index is 447. The van der Waals surface area contributed by atoms with Crippen molar-refractivity contribution in [3.8, 4) is 0 Å². The van der Waals surface area contributed by atoms with Gasteiger partial charge in [-0.3, -0.25) is 0 Å². The third-order valence-electron chi connectivity index (χ3n) is 2.78. The summed E-state index contributed by atoms with van der Waals surface area (Å²) in [5.74, 6) is 0. The smallest absolute Gasteiger partial charge is 0.246 e. The van der Waals surface area contributed by atoms with Crippen molar-refractivity contribution in [3.05, 3.63) is 21.0 Å². The molecule has 84 valence electrons. The van der Waals surface area contributed by atoms with Crippen LogP contribution in [0, 0.1) is 0 Å². The van der Waals surface area contributed by atoms with Gasteiger partial charge in [0.2, 0.25) is 0 Å². The van der Waals surface area contributed by atoms with Crippen LogP contribution in [0.2, 0.25) is 0 Å². The zero-order valence-corrected chi connectivity index (χ0v) is 9.49. The molecule has 5 heteroatoms. The van der Waals surface area contributed by atoms with E-state index in [1.807, 2.05) is 20.8 Å². The van der Waals surface area contributed by atoms with E-state index in [4.69, 9.17) is 0 Å². The van der Waals surface area contributed by atoms with Gasteiger partial charge in [0.25, 0.3) is 0 Å². The highest BCUT2D eigenvalue weighted by atomic mass is 16.2. The van der Waals surface area contributed by atoms with Gasteiger partial charge in [0, 0.05) is 18.6 Å². The van der Waals surface area contributed by atoms with Crippen LogP contribution in [-0.2, 0) is 18.6 Å². The van der Waals surface area contributed by atoms with Crippen LogP contribution in [0.4, 0.5) is 0 Å². The first-order valence-electron chi connectivity index (χ1n) is 5.36. The Balaban J connectivity index is 2.74. The van der Waals surface area contributed by atoms with Crippen LogP contribution in [0.25, 0.3) is 0 Å². The maximum Gasteiger partial charge on any atom is 0.347 e. The third kappa shape index (κ3) is 1.46. The lowest BCUT2D eigenvalue weighted by Gasteiger charge is -2.17. The lowest BCUT2D eigenvalue weighted by Crippen LogP contribution is -2.40. The lowest BCUT2D eigenvalue weighted by atomic mass is 10.1. The second-order valence-corrected chi connectivity index (χ2v) is 5.02. The predicted octanol–water partition coefficient (Wildman–Crippen LogP) is 0.360. The largest absolute Gasteiger partial charge is 0.347 e. The minimum atomic E-state index is -0.439. The average molecular weight is 211 g/mol. The van der Waals surface area contributed by atoms with Crippen molar-refractivity contribution >= 4 is 0 Å². The first-order chi connectivity index (χ1) is 6.93. The minimum Gasteiger partial charge on any atom is -0.246 e. The van der Waals surface area contributed by atoms with Gasteiger partial charge in [0.1, 0.15) is 0 Å². The van der Waals surface area contributed by atoms with Crippen LogP contribution in [0.15, 0.2) is 9.59 Å². The van der Waals surface area contributed by atoms with Gasteiger partial charge in [0.15, 0.2) is 0 Å². The van der Waals surface area contributed by atoms with Gasteiger partial charge in [-0.25, -0.2) is 23.5 Å². The van der Waals surface area contributed by atoms with E-state index in [1.165, 1.54) is 4.57 Å². The number of fused-ring (bicyclic) bond motifs is 1. The van der Waals surface area contributed by atoms with Crippen LogP contribution in [0.3, 0.4) is 0 Å². The van der Waals surface area contributed by atoms with Gasteiger partial charge in [-0.05, 0) is 33.6 Å². The fourth-order valence-corrected chi connectivity index (χ4v) is 2.05. The van der Waals surface area contributed by atoms with Gasteiger partial charge in [-0.1, -0.05) is 0 Å². The van der Waals surface area contributed by atoms with Crippen molar-refractivity contribution < 1.29 is 0 Å². The van der Waals surface area contributed by atoms with Crippen LogP contribution >= 0.6 is 0 Å². The molecule has 2 rings (SSSR count). The number of rotatable bonds is 0. The summed E-state index contributed by atoms with van der Waals surface area (Å²) in [5, 5.41) is 0. The van der Waals surface area contributed by atoms with Crippen LogP contribution < -0.4 is 11.4 Å². The molecule has 1 aliphatic rings. The number of hydrogen-bond acceptors (Lipinski definition) is 2. The third-order valence-corrected chi connectivity index (χ3v) is 2.78. The van der Waals surface area contributed by atoms with Crippen molar-refractivity contribution in [2.45, 2.75) is 52.2 Å². The first-order valence-corrected chi connectivity index (χ1v) is 5.36. The Morgan fingerprint density at radius 3 is 1.67 bits per heavy atom. The molecule has 0 amide bonds. The maximum absolute atomic E-state index is 12.0. The van der Waals surface area contributed by atoms with E-state index in [0.717, 1.165) is 12.8 Å². The average Bonchev–Trinajstić information content (AvgIpc) is 2.39. The Kier molecular flexibility index (Phi) is 2.13. The molecule has 0 fully saturated rings. The van der Waals surface area contributed by atoms with E-state index in [-0.39, 0.29) is 11.4 Å². The molecule has 0 N–H and O–H groups in total. The molecule has 0 unspecified atom stereocenters. The van der Waals surface area contributed by atoms with Gasteiger partial charge in [0.05, 0.1) is 0 Å². The number of nitrogens with zero attached hydrogens (tertiary/aromatic N) is 3. The topological polar surface area (TPSA) is 48.9 Å². The Morgan fingerprint density at radius 1 is 0.933 bits per heavy atom. The highest BCUT2D eigenvalue weighted by Crippen LogP contribution is 2.09. The molecule has 1 aromatic heterocycles. The molecule has 0 bridgehead atoms. The summed E-state index contributed by atoms with van der Waals surface area (Å²) >= 11 is 0. The Morgan fingerprint density at radius 2 is 1.33 bits per heavy atom. The summed E-state index contributed by atoms with van der Waals surface area (Å²) in [7, 11) is 0. The van der Waals surface area contributed by atoms with Crippen molar-refractivity contribution in [2.24, 2.45) is 0 Å². The van der Waals surface area contributed by atoms with Gasteiger partial charge >= 0.3 is 11.4 Å². The van der Waals surface area contributed by atoms with Crippen LogP contribution in [-0.4, -0.2) is 13.9 Å². The van der Waals surface area contributed by atoms with E-state index in [9.17, 15) is 9.59 Å². The zero-order valence-electron chi connectivity index (χ0n) is 9.49. The second kappa shape index (κ2) is 3.12. The second-order valence-electron chi connectivity index (χ2n) is 5.02. The molecular weight excluding hydrogens is 194 g/mol. The highest BCUT2D eigenvalue weighted by molar-refractivity contribution is 4.84. The predicted molar refractivity (Wildman–Crippen MR) is 57.2 cm³/mol. The molecule has 0 saturated heterocycles. The first kappa shape index (κ1) is 10.3. The molecular formula is C10H17N3O2. The number of aromatic nitrogens is 3. The SMILES string of the molecule is CC(C)(C)n1c(=O)n2n(c1=O)CCCC2. The molecule has 0 aliphatic carbocycles. The van der Waals surface area contributed by atoms with E-state index < -0.39 is 5.54 Å². The normalized spacial score (nSPS) is 16.5. The summed E-state index contributed by atoms with van der Waals surface area (Å²) in [6.07, 6.45) is 1.96. The van der Waals surface area contributed by atoms with Crippen molar-refractivity contribution in [2.75, 3.05) is 0 Å². The quantitative estimate of drug-likeness (QED) is 0.622. The molecule has 1 aromatic rings. The Labute approximate surface area is 87.9 Å². The summed E-state index contributed by atoms with van der Waals surface area (Å²) in [6.45, 7) is 6.96. The highest BCUT2D eigenvalue weighted by Gasteiger charge is 2.25. The molecule has 0 aromatic carbocycles. The molecule has 0 saturated carbocycles. The van der Waals surface area contributed by atoms with E-state index in [2.05, 4.69) is 0 Å². The van der Waals surface area contributed by atoms with Gasteiger partial charge in [-0.2, -0.15) is 0 Å². The molecule has 0 atom stereocenters. The molecule has 1 aliphatic heterocycles. The summed E-state index contributed by atoms with van der Waals surface area (Å²) in [6, 6.07) is 0.